The van der Waals surface area contributed by atoms with E-state index in [0.29, 0.717) is 48.0 Å². The minimum absolute atomic E-state index is 0.00310. The van der Waals surface area contributed by atoms with E-state index in [1.165, 1.54) is 0 Å². The van der Waals surface area contributed by atoms with Gasteiger partial charge < -0.3 is 19.2 Å². The van der Waals surface area contributed by atoms with Crippen LogP contribution < -0.4 is 10.4 Å². The average Bonchev–Trinajstić information content (AvgIpc) is 2.87. The zero-order valence-corrected chi connectivity index (χ0v) is 21.6. The summed E-state index contributed by atoms with van der Waals surface area (Å²) in [4.78, 5) is 28.0. The highest BCUT2D eigenvalue weighted by Gasteiger charge is 2.43. The Balaban J connectivity index is 1.34. The Labute approximate surface area is 215 Å². The molecular formula is C29H32ClNO5. The van der Waals surface area contributed by atoms with Gasteiger partial charge in [-0.05, 0) is 68.5 Å². The second-order valence-electron chi connectivity index (χ2n) is 10.3. The molecule has 2 aromatic carbocycles. The third kappa shape index (κ3) is 4.76. The van der Waals surface area contributed by atoms with E-state index in [2.05, 4.69) is 0 Å². The molecule has 2 aliphatic rings. The van der Waals surface area contributed by atoms with Crippen LogP contribution in [0.3, 0.4) is 0 Å². The number of benzene rings is 2. The van der Waals surface area contributed by atoms with Gasteiger partial charge in [0.2, 0.25) is 5.91 Å². The van der Waals surface area contributed by atoms with Gasteiger partial charge in [-0.25, -0.2) is 4.79 Å². The Kier molecular flexibility index (Phi) is 6.84. The lowest BCUT2D eigenvalue weighted by Gasteiger charge is -2.47. The monoisotopic (exact) mass is 509 g/mol. The molecule has 1 aliphatic heterocycles. The van der Waals surface area contributed by atoms with Crippen molar-refractivity contribution in [3.63, 3.8) is 0 Å². The number of ether oxygens (including phenoxy) is 1. The lowest BCUT2D eigenvalue weighted by atomic mass is 9.71. The summed E-state index contributed by atoms with van der Waals surface area (Å²) in [6, 6.07) is 11.2. The third-order valence-corrected chi connectivity index (χ3v) is 8.32. The Hall–Kier alpha value is -2.83. The molecule has 0 spiro atoms. The maximum Gasteiger partial charge on any atom is 0.340 e. The van der Waals surface area contributed by atoms with E-state index in [4.69, 9.17) is 20.8 Å². The number of carbonyl (C=O) groups is 1. The molecule has 1 saturated heterocycles. The summed E-state index contributed by atoms with van der Waals surface area (Å²) < 4.78 is 11.7. The Morgan fingerprint density at radius 1 is 1.14 bits per heavy atom. The molecule has 1 aromatic heterocycles. The fraction of sp³-hybridized carbons (Fsp3) is 0.448. The van der Waals surface area contributed by atoms with Gasteiger partial charge in [0.15, 0.2) is 0 Å². The first-order valence-corrected chi connectivity index (χ1v) is 13.1. The molecule has 1 saturated carbocycles. The van der Waals surface area contributed by atoms with Crippen LogP contribution in [-0.2, 0) is 17.8 Å². The van der Waals surface area contributed by atoms with Crippen molar-refractivity contribution in [2.45, 2.75) is 64.6 Å². The van der Waals surface area contributed by atoms with Crippen LogP contribution in [0.15, 0.2) is 45.6 Å². The number of rotatable bonds is 5. The highest BCUT2D eigenvalue weighted by molar-refractivity contribution is 6.30. The number of carbonyl (C=O) groups excluding carboxylic acids is 1. The van der Waals surface area contributed by atoms with Gasteiger partial charge in [0.1, 0.15) is 17.9 Å². The molecule has 0 bridgehead atoms. The molecule has 190 valence electrons. The number of likely N-dealkylation sites (tertiary alicyclic amines) is 1. The highest BCUT2D eigenvalue weighted by Crippen LogP contribution is 2.40. The van der Waals surface area contributed by atoms with Crippen LogP contribution >= 0.6 is 11.6 Å². The molecule has 1 N–H and O–H groups in total. The summed E-state index contributed by atoms with van der Waals surface area (Å²) >= 11 is 5.95. The van der Waals surface area contributed by atoms with Crippen LogP contribution in [0.1, 0.15) is 54.4 Å². The molecule has 0 unspecified atom stereocenters. The van der Waals surface area contributed by atoms with Gasteiger partial charge in [-0.3, -0.25) is 4.79 Å². The fourth-order valence-electron chi connectivity index (χ4n) is 5.73. The quantitative estimate of drug-likeness (QED) is 0.470. The first kappa shape index (κ1) is 24.8. The molecule has 1 amide bonds. The smallest absolute Gasteiger partial charge is 0.340 e. The zero-order chi connectivity index (χ0) is 25.4. The van der Waals surface area contributed by atoms with E-state index in [-0.39, 0.29) is 18.2 Å². The summed E-state index contributed by atoms with van der Waals surface area (Å²) in [6.07, 6.45) is 4.51. The van der Waals surface area contributed by atoms with Crippen molar-refractivity contribution in [2.24, 2.45) is 5.92 Å². The highest BCUT2D eigenvalue weighted by atomic mass is 35.5. The molecule has 7 heteroatoms. The molecule has 2 fully saturated rings. The van der Waals surface area contributed by atoms with Crippen LogP contribution in [-0.4, -0.2) is 34.6 Å². The van der Waals surface area contributed by atoms with Crippen LogP contribution in [0.25, 0.3) is 11.0 Å². The maximum absolute atomic E-state index is 13.2. The Morgan fingerprint density at radius 2 is 1.92 bits per heavy atom. The second-order valence-corrected chi connectivity index (χ2v) is 10.7. The number of fused-ring (bicyclic) bond motifs is 2. The summed E-state index contributed by atoms with van der Waals surface area (Å²) in [5.74, 6) is 0.668. The second kappa shape index (κ2) is 9.91. The topological polar surface area (TPSA) is 80.0 Å². The largest absolute Gasteiger partial charge is 0.488 e. The Bertz CT molecular complexity index is 1350. The lowest BCUT2D eigenvalue weighted by molar-refractivity contribution is -0.142. The molecule has 1 aliphatic carbocycles. The van der Waals surface area contributed by atoms with E-state index in [0.717, 1.165) is 47.8 Å². The van der Waals surface area contributed by atoms with Gasteiger partial charge in [-0.2, -0.15) is 0 Å². The molecule has 3 aromatic rings. The molecular weight excluding hydrogens is 478 g/mol. The molecule has 6 nitrogen and oxygen atoms in total. The molecule has 5 rings (SSSR count). The fourth-order valence-corrected chi connectivity index (χ4v) is 5.86. The van der Waals surface area contributed by atoms with Crippen molar-refractivity contribution in [1.29, 1.82) is 0 Å². The first-order chi connectivity index (χ1) is 17.2. The van der Waals surface area contributed by atoms with Crippen molar-refractivity contribution >= 4 is 28.5 Å². The van der Waals surface area contributed by atoms with Crippen molar-refractivity contribution in [3.05, 3.63) is 74.1 Å². The van der Waals surface area contributed by atoms with Gasteiger partial charge in [-0.1, -0.05) is 36.6 Å². The van der Waals surface area contributed by atoms with Crippen molar-refractivity contribution in [2.75, 3.05) is 13.1 Å². The molecule has 36 heavy (non-hydrogen) atoms. The number of nitrogens with zero attached hydrogens (tertiary/aromatic N) is 1. The third-order valence-electron chi connectivity index (χ3n) is 8.07. The minimum atomic E-state index is -0.641. The van der Waals surface area contributed by atoms with Gasteiger partial charge in [0.25, 0.3) is 0 Å². The molecule has 0 radical (unpaired) electrons. The van der Waals surface area contributed by atoms with Crippen LogP contribution in [0.4, 0.5) is 0 Å². The average molecular weight is 510 g/mol. The summed E-state index contributed by atoms with van der Waals surface area (Å²) in [6.45, 7) is 5.18. The molecule has 2 heterocycles. The summed E-state index contributed by atoms with van der Waals surface area (Å²) in [5, 5.41) is 12.4. The number of amides is 1. The van der Waals surface area contributed by atoms with E-state index >= 15 is 0 Å². The number of hydrogen-bond donors (Lipinski definition) is 1. The van der Waals surface area contributed by atoms with Crippen LogP contribution in [0, 0.1) is 19.8 Å². The number of piperidine rings is 1. The van der Waals surface area contributed by atoms with E-state index in [9.17, 15) is 14.7 Å². The maximum atomic E-state index is 13.2. The van der Waals surface area contributed by atoms with E-state index < -0.39 is 11.2 Å². The SMILES string of the molecule is Cc1c(CC(=O)N2CC[C@]3(O)CCCC[C@@H]3C2)c(=O)oc2c(C)c(OCc3ccc(Cl)cc3)ccc12. The molecule has 2 atom stereocenters. The predicted molar refractivity (Wildman–Crippen MR) is 140 cm³/mol. The number of hydrogen-bond acceptors (Lipinski definition) is 5. The van der Waals surface area contributed by atoms with Gasteiger partial charge >= 0.3 is 5.63 Å². The van der Waals surface area contributed by atoms with E-state index in [1.807, 2.05) is 55.1 Å². The number of aryl methyl sites for hydroxylation is 2. The first-order valence-electron chi connectivity index (χ1n) is 12.7. The van der Waals surface area contributed by atoms with E-state index in [1.54, 1.807) is 0 Å². The van der Waals surface area contributed by atoms with Gasteiger partial charge in [-0.15, -0.1) is 0 Å². The van der Waals surface area contributed by atoms with Crippen LogP contribution in [0.2, 0.25) is 5.02 Å². The van der Waals surface area contributed by atoms with Crippen molar-refractivity contribution < 1.29 is 19.1 Å². The Morgan fingerprint density at radius 3 is 2.69 bits per heavy atom. The summed E-state index contributed by atoms with van der Waals surface area (Å²) in [7, 11) is 0. The standard InChI is InChI=1S/C29H32ClNO5/c1-18-23-10-11-25(35-17-20-6-8-22(30)9-7-20)19(2)27(23)36-28(33)24(18)15-26(32)31-14-13-29(34)12-4-3-5-21(29)16-31/h6-11,21,34H,3-5,12-17H2,1-2H3/t21-,29-/m1/s1. The zero-order valence-electron chi connectivity index (χ0n) is 20.8. The van der Waals surface area contributed by atoms with Gasteiger partial charge in [0.05, 0.1) is 17.6 Å². The minimum Gasteiger partial charge on any atom is -0.488 e. The normalized spacial score (nSPS) is 21.9. The van der Waals surface area contributed by atoms with Crippen LogP contribution in [0.5, 0.6) is 5.75 Å². The predicted octanol–water partition coefficient (Wildman–Crippen LogP) is 5.34. The number of aliphatic hydroxyl groups is 1. The summed E-state index contributed by atoms with van der Waals surface area (Å²) in [5.41, 5.74) is 2.23. The van der Waals surface area contributed by atoms with Crippen molar-refractivity contribution in [3.8, 4) is 5.75 Å². The van der Waals surface area contributed by atoms with Gasteiger partial charge in [0, 0.05) is 35.0 Å². The lowest BCUT2D eigenvalue weighted by Crippen LogP contribution is -2.55. The van der Waals surface area contributed by atoms with Crippen molar-refractivity contribution in [1.82, 2.24) is 4.90 Å². The number of halogens is 1.